The Bertz CT molecular complexity index is 443. The van der Waals surface area contributed by atoms with Crippen LogP contribution in [0.2, 0.25) is 0 Å². The predicted molar refractivity (Wildman–Crippen MR) is 84.8 cm³/mol. The molecule has 0 radical (unpaired) electrons. The van der Waals surface area contributed by atoms with Crippen LogP contribution in [-0.4, -0.2) is 12.7 Å². The van der Waals surface area contributed by atoms with E-state index in [0.717, 1.165) is 11.8 Å². The van der Waals surface area contributed by atoms with Crippen molar-refractivity contribution in [2.24, 2.45) is 17.6 Å². The molecular weight excluding hydrogens is 246 g/mol. The lowest BCUT2D eigenvalue weighted by Crippen LogP contribution is -2.29. The number of aryl methyl sites for hydroxylation is 2. The third-order valence-electron chi connectivity index (χ3n) is 4.89. The van der Waals surface area contributed by atoms with Gasteiger partial charge in [0, 0.05) is 0 Å². The van der Waals surface area contributed by atoms with Gasteiger partial charge in [0.25, 0.3) is 0 Å². The van der Waals surface area contributed by atoms with E-state index < -0.39 is 0 Å². The summed E-state index contributed by atoms with van der Waals surface area (Å²) >= 11 is 0. The SMILES string of the molecule is Cc1ccc(C(N)COC2CCC(C)C(C)C2)c(C)c1. The van der Waals surface area contributed by atoms with Gasteiger partial charge < -0.3 is 10.5 Å². The largest absolute Gasteiger partial charge is 0.376 e. The second-order valence-electron chi connectivity index (χ2n) is 6.69. The van der Waals surface area contributed by atoms with Crippen LogP contribution < -0.4 is 5.73 Å². The van der Waals surface area contributed by atoms with Crippen molar-refractivity contribution in [3.05, 3.63) is 34.9 Å². The zero-order valence-electron chi connectivity index (χ0n) is 13.4. The summed E-state index contributed by atoms with van der Waals surface area (Å²) in [6.07, 6.45) is 4.05. The Balaban J connectivity index is 1.87. The van der Waals surface area contributed by atoms with Crippen LogP contribution in [0.5, 0.6) is 0 Å². The van der Waals surface area contributed by atoms with Crippen molar-refractivity contribution in [2.45, 2.75) is 59.1 Å². The summed E-state index contributed by atoms with van der Waals surface area (Å²) in [4.78, 5) is 0. The molecule has 0 saturated heterocycles. The molecule has 4 unspecified atom stereocenters. The second kappa shape index (κ2) is 6.73. The molecule has 0 aromatic heterocycles. The maximum atomic E-state index is 6.30. The highest BCUT2D eigenvalue weighted by Gasteiger charge is 2.25. The molecule has 2 N–H and O–H groups in total. The first-order chi connectivity index (χ1) is 9.47. The lowest BCUT2D eigenvalue weighted by molar-refractivity contribution is -0.00368. The van der Waals surface area contributed by atoms with Gasteiger partial charge in [-0.25, -0.2) is 0 Å². The van der Waals surface area contributed by atoms with Crippen LogP contribution in [0.4, 0.5) is 0 Å². The minimum Gasteiger partial charge on any atom is -0.376 e. The van der Waals surface area contributed by atoms with E-state index in [0.29, 0.717) is 12.7 Å². The van der Waals surface area contributed by atoms with Gasteiger partial charge in [0.1, 0.15) is 0 Å². The molecule has 4 atom stereocenters. The van der Waals surface area contributed by atoms with Gasteiger partial charge >= 0.3 is 0 Å². The number of ether oxygens (including phenoxy) is 1. The van der Waals surface area contributed by atoms with Gasteiger partial charge in [-0.2, -0.15) is 0 Å². The molecule has 1 aromatic carbocycles. The maximum Gasteiger partial charge on any atom is 0.0663 e. The molecule has 0 amide bonds. The van der Waals surface area contributed by atoms with Crippen LogP contribution >= 0.6 is 0 Å². The highest BCUT2D eigenvalue weighted by molar-refractivity contribution is 5.32. The second-order valence-corrected chi connectivity index (χ2v) is 6.69. The molecule has 1 aliphatic rings. The fourth-order valence-electron chi connectivity index (χ4n) is 3.22. The minimum absolute atomic E-state index is 0.00902. The van der Waals surface area contributed by atoms with Crippen LogP contribution in [0.3, 0.4) is 0 Å². The van der Waals surface area contributed by atoms with Gasteiger partial charge in [-0.3, -0.25) is 0 Å². The van der Waals surface area contributed by atoms with E-state index in [1.807, 2.05) is 0 Å². The highest BCUT2D eigenvalue weighted by Crippen LogP contribution is 2.31. The quantitative estimate of drug-likeness (QED) is 0.896. The van der Waals surface area contributed by atoms with Gasteiger partial charge in [0.2, 0.25) is 0 Å². The molecule has 1 aliphatic carbocycles. The molecule has 0 spiro atoms. The molecule has 1 aromatic rings. The lowest BCUT2D eigenvalue weighted by atomic mass is 9.80. The van der Waals surface area contributed by atoms with Crippen molar-refractivity contribution >= 4 is 0 Å². The van der Waals surface area contributed by atoms with Gasteiger partial charge in [-0.15, -0.1) is 0 Å². The highest BCUT2D eigenvalue weighted by atomic mass is 16.5. The summed E-state index contributed by atoms with van der Waals surface area (Å²) < 4.78 is 6.08. The molecule has 2 nitrogen and oxygen atoms in total. The fourth-order valence-corrected chi connectivity index (χ4v) is 3.22. The molecule has 1 saturated carbocycles. The molecule has 2 heteroatoms. The monoisotopic (exact) mass is 275 g/mol. The van der Waals surface area contributed by atoms with Crippen molar-refractivity contribution in [2.75, 3.05) is 6.61 Å². The van der Waals surface area contributed by atoms with Crippen LogP contribution in [0.15, 0.2) is 18.2 Å². The standard InChI is InChI=1S/C18H29NO/c1-12-5-8-17(15(4)9-12)18(19)11-20-16-7-6-13(2)14(3)10-16/h5,8-9,13-14,16,18H,6-7,10-11,19H2,1-4H3. The predicted octanol–water partition coefficient (Wildman–Crippen LogP) is 4.14. The van der Waals surface area contributed by atoms with Crippen LogP contribution in [0.1, 0.15) is 55.8 Å². The van der Waals surface area contributed by atoms with E-state index in [1.165, 1.54) is 36.0 Å². The number of hydrogen-bond donors (Lipinski definition) is 1. The Morgan fingerprint density at radius 1 is 1.20 bits per heavy atom. The molecular formula is C18H29NO. The van der Waals surface area contributed by atoms with Gasteiger partial charge in [0.05, 0.1) is 18.8 Å². The van der Waals surface area contributed by atoms with E-state index >= 15 is 0 Å². The zero-order valence-corrected chi connectivity index (χ0v) is 13.4. The van der Waals surface area contributed by atoms with Crippen molar-refractivity contribution in [1.82, 2.24) is 0 Å². The average molecular weight is 275 g/mol. The lowest BCUT2D eigenvalue weighted by Gasteiger charge is -2.32. The smallest absolute Gasteiger partial charge is 0.0663 e. The van der Waals surface area contributed by atoms with E-state index in [2.05, 4.69) is 45.9 Å². The summed E-state index contributed by atoms with van der Waals surface area (Å²) in [7, 11) is 0. The average Bonchev–Trinajstić information content (AvgIpc) is 2.40. The van der Waals surface area contributed by atoms with Crippen molar-refractivity contribution in [3.8, 4) is 0 Å². The van der Waals surface area contributed by atoms with Crippen LogP contribution in [0.25, 0.3) is 0 Å². The van der Waals surface area contributed by atoms with Crippen molar-refractivity contribution < 1.29 is 4.74 Å². The Labute approximate surface area is 123 Å². The summed E-state index contributed by atoms with van der Waals surface area (Å²) in [6, 6.07) is 6.46. The van der Waals surface area contributed by atoms with Crippen molar-refractivity contribution in [1.29, 1.82) is 0 Å². The number of benzene rings is 1. The summed E-state index contributed by atoms with van der Waals surface area (Å²) in [5.74, 6) is 1.61. The van der Waals surface area contributed by atoms with Crippen LogP contribution in [0, 0.1) is 25.7 Å². The normalized spacial score (nSPS) is 28.4. The number of rotatable bonds is 4. The maximum absolute atomic E-state index is 6.30. The summed E-state index contributed by atoms with van der Waals surface area (Å²) in [5.41, 5.74) is 10.1. The molecule has 112 valence electrons. The Morgan fingerprint density at radius 2 is 1.95 bits per heavy atom. The first-order valence-corrected chi connectivity index (χ1v) is 7.91. The van der Waals surface area contributed by atoms with E-state index in [9.17, 15) is 0 Å². The molecule has 20 heavy (non-hydrogen) atoms. The summed E-state index contributed by atoms with van der Waals surface area (Å²) in [5, 5.41) is 0. The van der Waals surface area contributed by atoms with Crippen LogP contribution in [-0.2, 0) is 4.74 Å². The third-order valence-corrected chi connectivity index (χ3v) is 4.89. The Morgan fingerprint density at radius 3 is 2.60 bits per heavy atom. The number of nitrogens with two attached hydrogens (primary N) is 1. The van der Waals surface area contributed by atoms with E-state index in [-0.39, 0.29) is 6.04 Å². The topological polar surface area (TPSA) is 35.2 Å². The Hall–Kier alpha value is -0.860. The molecule has 2 rings (SSSR count). The summed E-state index contributed by atoms with van der Waals surface area (Å²) in [6.45, 7) is 9.57. The van der Waals surface area contributed by atoms with E-state index in [1.54, 1.807) is 0 Å². The molecule has 1 fully saturated rings. The van der Waals surface area contributed by atoms with E-state index in [4.69, 9.17) is 10.5 Å². The third kappa shape index (κ3) is 3.83. The van der Waals surface area contributed by atoms with Gasteiger partial charge in [-0.05, 0) is 56.1 Å². The first-order valence-electron chi connectivity index (χ1n) is 7.91. The molecule has 0 bridgehead atoms. The Kier molecular flexibility index (Phi) is 5.22. The van der Waals surface area contributed by atoms with Gasteiger partial charge in [0.15, 0.2) is 0 Å². The first kappa shape index (κ1) is 15.5. The van der Waals surface area contributed by atoms with Crippen molar-refractivity contribution in [3.63, 3.8) is 0 Å². The fraction of sp³-hybridized carbons (Fsp3) is 0.667. The minimum atomic E-state index is -0.00902. The zero-order chi connectivity index (χ0) is 14.7. The number of hydrogen-bond acceptors (Lipinski definition) is 2. The molecule has 0 heterocycles. The molecule has 0 aliphatic heterocycles. The van der Waals surface area contributed by atoms with Gasteiger partial charge in [-0.1, -0.05) is 37.6 Å².